The number of nitrogens with zero attached hydrogens (tertiary/aromatic N) is 1. The van der Waals surface area contributed by atoms with Crippen LogP contribution in [0.25, 0.3) is 0 Å². The van der Waals surface area contributed by atoms with Gasteiger partial charge in [-0.05, 0) is 30.7 Å². The van der Waals surface area contributed by atoms with Crippen molar-refractivity contribution in [3.63, 3.8) is 0 Å². The van der Waals surface area contributed by atoms with Gasteiger partial charge in [0.25, 0.3) is 5.69 Å². The van der Waals surface area contributed by atoms with E-state index in [9.17, 15) is 14.9 Å². The van der Waals surface area contributed by atoms with Gasteiger partial charge in [0.2, 0.25) is 0 Å². The second kappa shape index (κ2) is 7.27. The highest BCUT2D eigenvalue weighted by atomic mass is 32.2. The Morgan fingerprint density at radius 2 is 1.83 bits per heavy atom. The Balaban J connectivity index is 1.72. The Morgan fingerprint density at radius 1 is 1.17 bits per heavy atom. The van der Waals surface area contributed by atoms with Crippen molar-refractivity contribution in [2.24, 2.45) is 0 Å². The molecule has 1 heterocycles. The molecule has 0 spiro atoms. The van der Waals surface area contributed by atoms with Gasteiger partial charge in [-0.2, -0.15) is 0 Å². The van der Waals surface area contributed by atoms with Gasteiger partial charge in [-0.1, -0.05) is 18.2 Å². The Morgan fingerprint density at radius 3 is 2.46 bits per heavy atom. The molecule has 0 atom stereocenters. The van der Waals surface area contributed by atoms with Crippen LogP contribution < -0.4 is 4.74 Å². The third-order valence-electron chi connectivity index (χ3n) is 3.63. The lowest BCUT2D eigenvalue weighted by atomic mass is 10.1. The highest BCUT2D eigenvalue weighted by Gasteiger charge is 2.19. The van der Waals surface area contributed by atoms with Gasteiger partial charge in [-0.15, -0.1) is 23.5 Å². The average molecular weight is 361 g/mol. The predicted octanol–water partition coefficient (Wildman–Crippen LogP) is 4.60. The number of thioether (sulfide) groups is 2. The maximum Gasteiger partial charge on any atom is 0.343 e. The number of hydrogen-bond donors (Lipinski definition) is 0. The maximum absolute atomic E-state index is 12.2. The van der Waals surface area contributed by atoms with Crippen LogP contribution >= 0.6 is 23.5 Å². The molecule has 124 valence electrons. The van der Waals surface area contributed by atoms with E-state index in [4.69, 9.17) is 4.74 Å². The van der Waals surface area contributed by atoms with E-state index >= 15 is 0 Å². The van der Waals surface area contributed by atoms with E-state index < -0.39 is 10.9 Å². The Bertz CT molecular complexity index is 771. The summed E-state index contributed by atoms with van der Waals surface area (Å²) in [4.78, 5) is 22.7. The van der Waals surface area contributed by atoms with Crippen LogP contribution in [0.4, 0.5) is 5.69 Å². The Hall–Kier alpha value is -1.99. The lowest BCUT2D eigenvalue weighted by molar-refractivity contribution is -0.385. The van der Waals surface area contributed by atoms with Crippen molar-refractivity contribution in [1.29, 1.82) is 0 Å². The summed E-state index contributed by atoms with van der Waals surface area (Å²) in [5, 5.41) is 11.0. The van der Waals surface area contributed by atoms with E-state index in [1.54, 1.807) is 25.1 Å². The molecule has 0 saturated carbocycles. The van der Waals surface area contributed by atoms with Gasteiger partial charge >= 0.3 is 5.97 Å². The molecule has 0 bridgehead atoms. The minimum Gasteiger partial charge on any atom is -0.423 e. The maximum atomic E-state index is 12.2. The molecule has 1 aliphatic rings. The van der Waals surface area contributed by atoms with Gasteiger partial charge in [0.05, 0.1) is 15.1 Å². The molecule has 0 unspecified atom stereocenters. The van der Waals surface area contributed by atoms with Gasteiger partial charge in [-0.25, -0.2) is 4.79 Å². The quantitative estimate of drug-likeness (QED) is 0.343. The highest BCUT2D eigenvalue weighted by molar-refractivity contribution is 8.19. The zero-order valence-corrected chi connectivity index (χ0v) is 14.6. The Labute approximate surface area is 147 Å². The van der Waals surface area contributed by atoms with E-state index in [0.29, 0.717) is 15.9 Å². The molecule has 5 nitrogen and oxygen atoms in total. The van der Waals surface area contributed by atoms with E-state index in [1.165, 1.54) is 17.7 Å². The lowest BCUT2D eigenvalue weighted by Crippen LogP contribution is -2.09. The fraction of sp³-hybridized carbons (Fsp3) is 0.235. The average Bonchev–Trinajstić information content (AvgIpc) is 3.10. The molecule has 1 aliphatic heterocycles. The number of esters is 1. The summed E-state index contributed by atoms with van der Waals surface area (Å²) in [7, 11) is 0. The molecule has 1 fully saturated rings. The van der Waals surface area contributed by atoms with Crippen LogP contribution in [0.5, 0.6) is 5.75 Å². The van der Waals surface area contributed by atoms with E-state index in [2.05, 4.69) is 0 Å². The molecule has 0 amide bonds. The molecule has 3 rings (SSSR count). The first-order valence-electron chi connectivity index (χ1n) is 7.35. The molecule has 2 aromatic rings. The molecular formula is C17H15NO4S2. The summed E-state index contributed by atoms with van der Waals surface area (Å²) in [6, 6.07) is 11.8. The molecule has 0 N–H and O–H groups in total. The standard InChI is InChI=1S/C17H15NO4S2/c1-11-2-3-13(10-15(11)18(20)21)16(19)22-14-6-4-12(5-7-14)17-23-8-9-24-17/h2-7,10,17H,8-9H2,1H3. The third-order valence-corrected chi connectivity index (χ3v) is 6.73. The number of nitro benzene ring substituents is 1. The SMILES string of the molecule is Cc1ccc(C(=O)Oc2ccc(C3SCCS3)cc2)cc1[N+](=O)[O-]. The summed E-state index contributed by atoms with van der Waals surface area (Å²) in [6.07, 6.45) is 0. The van der Waals surface area contributed by atoms with Crippen LogP contribution in [0.3, 0.4) is 0 Å². The highest BCUT2D eigenvalue weighted by Crippen LogP contribution is 2.45. The summed E-state index contributed by atoms with van der Waals surface area (Å²) in [5.74, 6) is 2.13. The van der Waals surface area contributed by atoms with Crippen molar-refractivity contribution in [2.45, 2.75) is 11.5 Å². The van der Waals surface area contributed by atoms with E-state index in [0.717, 1.165) is 11.5 Å². The van der Waals surface area contributed by atoms with Crippen molar-refractivity contribution in [1.82, 2.24) is 0 Å². The summed E-state index contributed by atoms with van der Waals surface area (Å²) < 4.78 is 5.76. The predicted molar refractivity (Wildman–Crippen MR) is 96.9 cm³/mol. The Kier molecular flexibility index (Phi) is 5.11. The largest absolute Gasteiger partial charge is 0.423 e. The molecule has 24 heavy (non-hydrogen) atoms. The molecule has 0 radical (unpaired) electrons. The van der Waals surface area contributed by atoms with Crippen LogP contribution in [-0.2, 0) is 0 Å². The van der Waals surface area contributed by atoms with Gasteiger partial charge in [0, 0.05) is 23.1 Å². The third kappa shape index (κ3) is 3.73. The number of aryl methyl sites for hydroxylation is 1. The van der Waals surface area contributed by atoms with Crippen LogP contribution in [-0.4, -0.2) is 22.4 Å². The van der Waals surface area contributed by atoms with Crippen LogP contribution in [0.2, 0.25) is 0 Å². The molecule has 0 aromatic heterocycles. The van der Waals surface area contributed by atoms with Crippen molar-refractivity contribution in [3.05, 3.63) is 69.3 Å². The fourth-order valence-corrected chi connectivity index (χ4v) is 5.20. The van der Waals surface area contributed by atoms with E-state index in [1.807, 2.05) is 35.7 Å². The second-order valence-electron chi connectivity index (χ2n) is 5.29. The number of rotatable bonds is 4. The topological polar surface area (TPSA) is 69.4 Å². The van der Waals surface area contributed by atoms with Crippen molar-refractivity contribution in [3.8, 4) is 5.75 Å². The summed E-state index contributed by atoms with van der Waals surface area (Å²) in [5.41, 5.74) is 1.79. The van der Waals surface area contributed by atoms with Crippen LogP contribution in [0.15, 0.2) is 42.5 Å². The van der Waals surface area contributed by atoms with Crippen molar-refractivity contribution >= 4 is 35.2 Å². The first-order chi connectivity index (χ1) is 11.5. The number of ether oxygens (including phenoxy) is 1. The minimum absolute atomic E-state index is 0.0879. The molecule has 0 aliphatic carbocycles. The number of hydrogen-bond acceptors (Lipinski definition) is 6. The smallest absolute Gasteiger partial charge is 0.343 e. The molecular weight excluding hydrogens is 346 g/mol. The number of carbonyl (C=O) groups is 1. The zero-order chi connectivity index (χ0) is 17.1. The van der Waals surface area contributed by atoms with Gasteiger partial charge < -0.3 is 4.74 Å². The van der Waals surface area contributed by atoms with Crippen molar-refractivity contribution < 1.29 is 14.5 Å². The molecule has 1 saturated heterocycles. The minimum atomic E-state index is -0.601. The summed E-state index contributed by atoms with van der Waals surface area (Å²) in [6.45, 7) is 1.63. The number of benzene rings is 2. The molecule has 2 aromatic carbocycles. The van der Waals surface area contributed by atoms with Crippen LogP contribution in [0, 0.1) is 17.0 Å². The first kappa shape index (κ1) is 16.9. The number of carbonyl (C=O) groups excluding carboxylic acids is 1. The van der Waals surface area contributed by atoms with E-state index in [-0.39, 0.29) is 11.3 Å². The fourth-order valence-electron chi connectivity index (χ4n) is 2.34. The van der Waals surface area contributed by atoms with Crippen LogP contribution in [0.1, 0.15) is 26.1 Å². The van der Waals surface area contributed by atoms with Crippen molar-refractivity contribution in [2.75, 3.05) is 11.5 Å². The lowest BCUT2D eigenvalue weighted by Gasteiger charge is -2.09. The monoisotopic (exact) mass is 361 g/mol. The summed E-state index contributed by atoms with van der Waals surface area (Å²) >= 11 is 3.82. The molecule has 7 heteroatoms. The zero-order valence-electron chi connectivity index (χ0n) is 12.9. The number of nitro groups is 1. The van der Waals surface area contributed by atoms with Gasteiger partial charge in [0.1, 0.15) is 5.75 Å². The normalized spacial score (nSPS) is 14.5. The first-order valence-corrected chi connectivity index (χ1v) is 9.45. The van der Waals surface area contributed by atoms with Gasteiger partial charge in [-0.3, -0.25) is 10.1 Å². The second-order valence-corrected chi connectivity index (χ2v) is 8.01. The van der Waals surface area contributed by atoms with Gasteiger partial charge in [0.15, 0.2) is 0 Å².